The number of carboxylic acid groups (broad SMARTS) is 1. The zero-order valence-electron chi connectivity index (χ0n) is 10.7. The Bertz CT molecular complexity index is 216. The third kappa shape index (κ3) is 11.2. The molecule has 0 bridgehead atoms. The molecule has 0 atom stereocenters. The first kappa shape index (κ1) is 15.9. The number of hydrogen-bond donors (Lipinski definition) is 2. The number of aliphatic carboxylic acids is 1. The van der Waals surface area contributed by atoms with Gasteiger partial charge < -0.3 is 10.8 Å². The summed E-state index contributed by atoms with van der Waals surface area (Å²) in [6.45, 7) is 2.71. The zero-order chi connectivity index (χ0) is 13.1. The van der Waals surface area contributed by atoms with Crippen molar-refractivity contribution in [2.75, 3.05) is 19.6 Å². The van der Waals surface area contributed by atoms with Crippen molar-refractivity contribution in [3.05, 3.63) is 0 Å². The van der Waals surface area contributed by atoms with E-state index < -0.39 is 11.9 Å². The Labute approximate surface area is 103 Å². The van der Waals surface area contributed by atoms with Crippen LogP contribution in [-0.2, 0) is 9.59 Å². The quantitative estimate of drug-likeness (QED) is 0.535. The molecular weight excluding hydrogens is 220 g/mol. The fourth-order valence-electron chi connectivity index (χ4n) is 1.74. The van der Waals surface area contributed by atoms with E-state index in [0.29, 0.717) is 6.54 Å². The molecule has 0 aromatic rings. The van der Waals surface area contributed by atoms with E-state index in [1.807, 2.05) is 0 Å². The van der Waals surface area contributed by atoms with Crippen LogP contribution in [0.1, 0.15) is 45.4 Å². The van der Waals surface area contributed by atoms with Gasteiger partial charge in [0.05, 0.1) is 13.1 Å². The minimum atomic E-state index is -0.919. The lowest BCUT2D eigenvalue weighted by atomic mass is 10.1. The molecule has 5 nitrogen and oxygen atoms in total. The van der Waals surface area contributed by atoms with E-state index in [9.17, 15) is 9.59 Å². The molecule has 0 aliphatic heterocycles. The fraction of sp³-hybridized carbons (Fsp3) is 0.833. The van der Waals surface area contributed by atoms with Gasteiger partial charge in [0, 0.05) is 0 Å². The lowest BCUT2D eigenvalue weighted by Gasteiger charge is -2.17. The van der Waals surface area contributed by atoms with Gasteiger partial charge in [0.15, 0.2) is 0 Å². The van der Waals surface area contributed by atoms with Gasteiger partial charge >= 0.3 is 5.97 Å². The summed E-state index contributed by atoms with van der Waals surface area (Å²) >= 11 is 0. The number of rotatable bonds is 11. The largest absolute Gasteiger partial charge is 0.480 e. The normalized spacial score (nSPS) is 10.7. The first-order chi connectivity index (χ1) is 8.06. The van der Waals surface area contributed by atoms with Crippen LogP contribution in [0.15, 0.2) is 0 Å². The Morgan fingerprint density at radius 3 is 2.18 bits per heavy atom. The smallest absolute Gasteiger partial charge is 0.317 e. The number of carbonyl (C=O) groups excluding carboxylic acids is 1. The minimum Gasteiger partial charge on any atom is -0.480 e. The highest BCUT2D eigenvalue weighted by molar-refractivity contribution is 5.77. The first-order valence-electron chi connectivity index (χ1n) is 6.28. The number of unbranched alkanes of at least 4 members (excludes halogenated alkanes) is 5. The Balaban J connectivity index is 3.68. The van der Waals surface area contributed by atoms with Crippen LogP contribution in [0, 0.1) is 0 Å². The highest BCUT2D eigenvalue weighted by Gasteiger charge is 2.11. The average molecular weight is 244 g/mol. The second-order valence-corrected chi connectivity index (χ2v) is 4.34. The lowest BCUT2D eigenvalue weighted by molar-refractivity contribution is -0.138. The lowest BCUT2D eigenvalue weighted by Crippen LogP contribution is -2.37. The number of hydrogen-bond acceptors (Lipinski definition) is 3. The van der Waals surface area contributed by atoms with Crippen molar-refractivity contribution >= 4 is 11.9 Å². The van der Waals surface area contributed by atoms with Gasteiger partial charge in [-0.1, -0.05) is 39.0 Å². The predicted octanol–water partition coefficient (Wildman–Crippen LogP) is 1.22. The van der Waals surface area contributed by atoms with E-state index in [-0.39, 0.29) is 13.1 Å². The summed E-state index contributed by atoms with van der Waals surface area (Å²) in [5.41, 5.74) is 5.07. The number of carbonyl (C=O) groups is 2. The summed E-state index contributed by atoms with van der Waals surface area (Å²) in [6.07, 6.45) is 6.86. The van der Waals surface area contributed by atoms with E-state index >= 15 is 0 Å². The summed E-state index contributed by atoms with van der Waals surface area (Å²) < 4.78 is 0. The molecule has 17 heavy (non-hydrogen) atoms. The van der Waals surface area contributed by atoms with E-state index in [4.69, 9.17) is 10.8 Å². The number of nitrogens with two attached hydrogens (primary N) is 1. The molecule has 0 unspecified atom stereocenters. The van der Waals surface area contributed by atoms with Crippen LogP contribution >= 0.6 is 0 Å². The monoisotopic (exact) mass is 244 g/mol. The van der Waals surface area contributed by atoms with Crippen LogP contribution in [0.5, 0.6) is 0 Å². The van der Waals surface area contributed by atoms with Crippen LogP contribution < -0.4 is 5.73 Å². The van der Waals surface area contributed by atoms with Crippen LogP contribution in [0.4, 0.5) is 0 Å². The van der Waals surface area contributed by atoms with Crippen molar-refractivity contribution in [1.29, 1.82) is 0 Å². The van der Waals surface area contributed by atoms with Crippen LogP contribution in [-0.4, -0.2) is 41.5 Å². The summed E-state index contributed by atoms with van der Waals surface area (Å²) in [6, 6.07) is 0. The topological polar surface area (TPSA) is 83.6 Å². The molecule has 5 heteroatoms. The Morgan fingerprint density at radius 2 is 1.65 bits per heavy atom. The van der Waals surface area contributed by atoms with E-state index in [1.165, 1.54) is 25.7 Å². The highest BCUT2D eigenvalue weighted by atomic mass is 16.4. The van der Waals surface area contributed by atoms with Gasteiger partial charge in [-0.05, 0) is 13.0 Å². The summed E-state index contributed by atoms with van der Waals surface area (Å²) in [7, 11) is 0. The molecule has 0 saturated carbocycles. The van der Waals surface area contributed by atoms with Gasteiger partial charge in [-0.15, -0.1) is 0 Å². The maximum Gasteiger partial charge on any atom is 0.317 e. The Hall–Kier alpha value is -1.10. The molecule has 3 N–H and O–H groups in total. The number of nitrogens with zero attached hydrogens (tertiary/aromatic N) is 1. The van der Waals surface area contributed by atoms with Gasteiger partial charge in [-0.25, -0.2) is 0 Å². The summed E-state index contributed by atoms with van der Waals surface area (Å²) in [4.78, 5) is 22.9. The van der Waals surface area contributed by atoms with Crippen molar-refractivity contribution in [2.24, 2.45) is 5.73 Å². The molecule has 0 rings (SSSR count). The van der Waals surface area contributed by atoms with Crippen LogP contribution in [0.25, 0.3) is 0 Å². The number of primary amides is 1. The number of amides is 1. The number of carboxylic acids is 1. The van der Waals surface area contributed by atoms with Gasteiger partial charge in [0.1, 0.15) is 0 Å². The van der Waals surface area contributed by atoms with Crippen LogP contribution in [0.3, 0.4) is 0 Å². The second-order valence-electron chi connectivity index (χ2n) is 4.34. The molecule has 0 spiro atoms. The molecule has 0 aromatic carbocycles. The predicted molar refractivity (Wildman–Crippen MR) is 66.6 cm³/mol. The van der Waals surface area contributed by atoms with Crippen molar-refractivity contribution < 1.29 is 14.7 Å². The molecule has 0 saturated heterocycles. The maximum atomic E-state index is 10.8. The van der Waals surface area contributed by atoms with Gasteiger partial charge in [0.25, 0.3) is 0 Å². The summed E-state index contributed by atoms with van der Waals surface area (Å²) in [5, 5.41) is 8.68. The zero-order valence-corrected chi connectivity index (χ0v) is 10.7. The average Bonchev–Trinajstić information content (AvgIpc) is 2.21. The van der Waals surface area contributed by atoms with Gasteiger partial charge in [-0.2, -0.15) is 0 Å². The molecule has 0 aromatic heterocycles. The van der Waals surface area contributed by atoms with Crippen molar-refractivity contribution in [1.82, 2.24) is 4.90 Å². The van der Waals surface area contributed by atoms with E-state index in [0.717, 1.165) is 12.8 Å². The fourth-order valence-corrected chi connectivity index (χ4v) is 1.74. The summed E-state index contributed by atoms with van der Waals surface area (Å²) in [5.74, 6) is -1.39. The molecule has 100 valence electrons. The Kier molecular flexibility index (Phi) is 9.43. The molecule has 0 aliphatic carbocycles. The SMILES string of the molecule is CCCCCCCCN(CC(N)=O)CC(=O)O. The molecular formula is C12H24N2O3. The maximum absolute atomic E-state index is 10.8. The minimum absolute atomic E-state index is 0.0290. The van der Waals surface area contributed by atoms with Crippen molar-refractivity contribution in [3.63, 3.8) is 0 Å². The highest BCUT2D eigenvalue weighted by Crippen LogP contribution is 2.05. The first-order valence-corrected chi connectivity index (χ1v) is 6.28. The van der Waals surface area contributed by atoms with E-state index in [1.54, 1.807) is 4.90 Å². The molecule has 1 amide bonds. The van der Waals surface area contributed by atoms with Crippen molar-refractivity contribution in [3.8, 4) is 0 Å². The Morgan fingerprint density at radius 1 is 1.06 bits per heavy atom. The molecule has 0 aliphatic rings. The molecule has 0 radical (unpaired) electrons. The standard InChI is InChI=1S/C12H24N2O3/c1-2-3-4-5-6-7-8-14(9-11(13)15)10-12(16)17/h2-10H2,1H3,(H2,13,15)(H,16,17). The molecule has 0 heterocycles. The van der Waals surface area contributed by atoms with E-state index in [2.05, 4.69) is 6.92 Å². The molecule has 0 fully saturated rings. The third-order valence-corrected chi connectivity index (χ3v) is 2.57. The van der Waals surface area contributed by atoms with Crippen molar-refractivity contribution in [2.45, 2.75) is 45.4 Å². The second kappa shape index (κ2) is 10.1. The third-order valence-electron chi connectivity index (χ3n) is 2.57. The van der Waals surface area contributed by atoms with Gasteiger partial charge in [-0.3, -0.25) is 14.5 Å². The van der Waals surface area contributed by atoms with Crippen LogP contribution in [0.2, 0.25) is 0 Å². The van der Waals surface area contributed by atoms with Gasteiger partial charge in [0.2, 0.25) is 5.91 Å².